The van der Waals surface area contributed by atoms with E-state index in [0.717, 1.165) is 0 Å². The Kier molecular flexibility index (Phi) is 1.47. The summed E-state index contributed by atoms with van der Waals surface area (Å²) in [5.74, 6) is 0. The normalized spacial score (nSPS) is 15.3. The quantitative estimate of drug-likeness (QED) is 0.299. The number of nitro groups is 1. The summed E-state index contributed by atoms with van der Waals surface area (Å²) in [5, 5.41) is 10.0. The minimum absolute atomic E-state index is 0.230. The lowest BCUT2D eigenvalue weighted by atomic mass is 10.2. The first kappa shape index (κ1) is 5.79. The van der Waals surface area contributed by atoms with Crippen molar-refractivity contribution in [2.75, 3.05) is 0 Å². The van der Waals surface area contributed by atoms with Gasteiger partial charge in [-0.25, -0.2) is 0 Å². The van der Waals surface area contributed by atoms with Crippen molar-refractivity contribution in [1.29, 1.82) is 0 Å². The third kappa shape index (κ3) is 1.27. The highest BCUT2D eigenvalue weighted by Crippen LogP contribution is 2.05. The predicted octanol–water partition coefficient (Wildman–Crippen LogP) is 1.26. The van der Waals surface area contributed by atoms with Crippen LogP contribution in [0.5, 0.6) is 0 Å². The van der Waals surface area contributed by atoms with Crippen molar-refractivity contribution in [3.63, 3.8) is 0 Å². The average Bonchev–Trinajstić information content (AvgIpc) is 1.90. The van der Waals surface area contributed by atoms with Crippen LogP contribution in [-0.4, -0.2) is 4.92 Å². The molecule has 0 bridgehead atoms. The largest absolute Gasteiger partial charge is 0.259 e. The van der Waals surface area contributed by atoms with Gasteiger partial charge in [0.2, 0.25) is 0 Å². The summed E-state index contributed by atoms with van der Waals surface area (Å²) in [5.41, 5.74) is 2.97. The van der Waals surface area contributed by atoms with Crippen molar-refractivity contribution in [3.8, 4) is 0 Å². The van der Waals surface area contributed by atoms with Gasteiger partial charge in [0.25, 0.3) is 5.70 Å². The highest BCUT2D eigenvalue weighted by atomic mass is 16.6. The van der Waals surface area contributed by atoms with Gasteiger partial charge >= 0.3 is 0 Å². The van der Waals surface area contributed by atoms with Gasteiger partial charge in [-0.15, -0.1) is 5.73 Å². The average molecular weight is 123 g/mol. The van der Waals surface area contributed by atoms with Gasteiger partial charge < -0.3 is 0 Å². The Hall–Kier alpha value is -1.34. The van der Waals surface area contributed by atoms with E-state index in [1.165, 1.54) is 6.08 Å². The van der Waals surface area contributed by atoms with Gasteiger partial charge in [-0.1, -0.05) is 0 Å². The fraction of sp³-hybridized carbons (Fsp3) is 0.167. The van der Waals surface area contributed by atoms with Gasteiger partial charge in [0.1, 0.15) is 0 Å². The van der Waals surface area contributed by atoms with Crippen LogP contribution in [0.3, 0.4) is 0 Å². The molecule has 3 nitrogen and oxygen atoms in total. The standard InChI is InChI=1S/C6H5NO2/c8-7(9)6-4-2-1-3-5-6/h2-4H,5H2. The molecule has 1 aliphatic carbocycles. The lowest BCUT2D eigenvalue weighted by Crippen LogP contribution is -1.97. The SMILES string of the molecule is O=[N+]([O-])C1=CC=C=CC1. The molecule has 0 aromatic carbocycles. The van der Waals surface area contributed by atoms with Gasteiger partial charge in [-0.2, -0.15) is 0 Å². The molecule has 0 saturated carbocycles. The number of nitrogens with zero attached hydrogens (tertiary/aromatic N) is 1. The first-order chi connectivity index (χ1) is 4.30. The second-order valence-electron chi connectivity index (χ2n) is 1.66. The lowest BCUT2D eigenvalue weighted by Gasteiger charge is -1.91. The summed E-state index contributed by atoms with van der Waals surface area (Å²) in [6, 6.07) is 0. The maximum Gasteiger partial charge on any atom is 0.251 e. The van der Waals surface area contributed by atoms with Crippen LogP contribution in [0.2, 0.25) is 0 Å². The van der Waals surface area contributed by atoms with Crippen LogP contribution in [0.15, 0.2) is 29.7 Å². The second kappa shape index (κ2) is 2.29. The summed E-state index contributed by atoms with van der Waals surface area (Å²) in [7, 11) is 0. The summed E-state index contributed by atoms with van der Waals surface area (Å²) >= 11 is 0. The molecule has 0 unspecified atom stereocenters. The van der Waals surface area contributed by atoms with Gasteiger partial charge in [0.05, 0.1) is 11.3 Å². The van der Waals surface area contributed by atoms with E-state index in [-0.39, 0.29) is 10.6 Å². The van der Waals surface area contributed by atoms with Crippen molar-refractivity contribution in [2.24, 2.45) is 0 Å². The molecule has 0 atom stereocenters. The van der Waals surface area contributed by atoms with E-state index in [1.807, 2.05) is 0 Å². The number of allylic oxidation sites excluding steroid dienone is 2. The van der Waals surface area contributed by atoms with E-state index >= 15 is 0 Å². The molecule has 0 aromatic rings. The molecule has 0 aliphatic heterocycles. The van der Waals surface area contributed by atoms with Crippen molar-refractivity contribution in [1.82, 2.24) is 0 Å². The van der Waals surface area contributed by atoms with Crippen molar-refractivity contribution >= 4 is 0 Å². The Bertz CT molecular complexity index is 221. The van der Waals surface area contributed by atoms with Crippen molar-refractivity contribution < 1.29 is 4.92 Å². The Morgan fingerprint density at radius 2 is 2.56 bits per heavy atom. The fourth-order valence-corrected chi connectivity index (χ4v) is 0.579. The topological polar surface area (TPSA) is 43.1 Å². The van der Waals surface area contributed by atoms with Crippen molar-refractivity contribution in [3.05, 3.63) is 39.8 Å². The zero-order valence-electron chi connectivity index (χ0n) is 4.70. The molecule has 46 valence electrons. The molecule has 9 heavy (non-hydrogen) atoms. The van der Waals surface area contributed by atoms with Crippen LogP contribution in [-0.2, 0) is 0 Å². The molecule has 0 spiro atoms. The van der Waals surface area contributed by atoms with Gasteiger partial charge in [-0.05, 0) is 12.2 Å². The number of rotatable bonds is 1. The molecule has 0 heterocycles. The van der Waals surface area contributed by atoms with Crippen LogP contribution >= 0.6 is 0 Å². The second-order valence-corrected chi connectivity index (χ2v) is 1.66. The minimum Gasteiger partial charge on any atom is -0.259 e. The van der Waals surface area contributed by atoms with Gasteiger partial charge in [0.15, 0.2) is 0 Å². The maximum atomic E-state index is 10.0. The summed E-state index contributed by atoms with van der Waals surface area (Å²) in [6.45, 7) is 0. The molecule has 0 saturated heterocycles. The molecule has 0 amide bonds. The summed E-state index contributed by atoms with van der Waals surface area (Å²) in [6.07, 6.45) is 5.03. The van der Waals surface area contributed by atoms with Crippen LogP contribution in [0.4, 0.5) is 0 Å². The monoisotopic (exact) mass is 123 g/mol. The molecule has 0 radical (unpaired) electrons. The zero-order chi connectivity index (χ0) is 6.69. The molecular weight excluding hydrogens is 118 g/mol. The van der Waals surface area contributed by atoms with Crippen LogP contribution in [0.25, 0.3) is 0 Å². The fourth-order valence-electron chi connectivity index (χ4n) is 0.579. The van der Waals surface area contributed by atoms with E-state index in [0.29, 0.717) is 6.42 Å². The summed E-state index contributed by atoms with van der Waals surface area (Å²) in [4.78, 5) is 9.64. The van der Waals surface area contributed by atoms with Gasteiger partial charge in [-0.3, -0.25) is 10.1 Å². The Labute approximate surface area is 52.1 Å². The van der Waals surface area contributed by atoms with Gasteiger partial charge in [0, 0.05) is 6.08 Å². The molecule has 0 N–H and O–H groups in total. The van der Waals surface area contributed by atoms with E-state index in [9.17, 15) is 10.1 Å². The molecule has 0 fully saturated rings. The van der Waals surface area contributed by atoms with Crippen molar-refractivity contribution in [2.45, 2.75) is 6.42 Å². The molecule has 0 aromatic heterocycles. The number of hydrogen-bond acceptors (Lipinski definition) is 2. The highest BCUT2D eigenvalue weighted by Gasteiger charge is 2.06. The van der Waals surface area contributed by atoms with E-state index in [1.54, 1.807) is 12.2 Å². The third-order valence-electron chi connectivity index (χ3n) is 1.04. The number of hydrogen-bond donors (Lipinski definition) is 0. The maximum absolute atomic E-state index is 10.0. The van der Waals surface area contributed by atoms with Crippen LogP contribution in [0.1, 0.15) is 6.42 Å². The Balaban J connectivity index is 2.78. The Morgan fingerprint density at radius 3 is 2.89 bits per heavy atom. The van der Waals surface area contributed by atoms with Crippen LogP contribution < -0.4 is 0 Å². The predicted molar refractivity (Wildman–Crippen MR) is 32.3 cm³/mol. The van der Waals surface area contributed by atoms with E-state index in [4.69, 9.17) is 0 Å². The van der Waals surface area contributed by atoms with Crippen LogP contribution in [0, 0.1) is 10.1 Å². The zero-order valence-corrected chi connectivity index (χ0v) is 4.70. The van der Waals surface area contributed by atoms with E-state index < -0.39 is 0 Å². The third-order valence-corrected chi connectivity index (χ3v) is 1.04. The molecular formula is C6H5NO2. The molecule has 1 aliphatic rings. The first-order valence-corrected chi connectivity index (χ1v) is 2.55. The smallest absolute Gasteiger partial charge is 0.251 e. The molecule has 1 rings (SSSR count). The lowest BCUT2D eigenvalue weighted by molar-refractivity contribution is -0.426. The first-order valence-electron chi connectivity index (χ1n) is 2.55. The summed E-state index contributed by atoms with van der Waals surface area (Å²) < 4.78 is 0. The van der Waals surface area contributed by atoms with E-state index in [2.05, 4.69) is 5.73 Å². The molecule has 3 heteroatoms. The minimum atomic E-state index is -0.381. The highest BCUT2D eigenvalue weighted by molar-refractivity contribution is 5.14. The Morgan fingerprint density at radius 1 is 1.78 bits per heavy atom.